The maximum Gasteiger partial charge on any atom is 0.252 e. The molecule has 2 rings (SSSR count). The summed E-state index contributed by atoms with van der Waals surface area (Å²) >= 11 is 0. The Morgan fingerprint density at radius 2 is 2.45 bits per heavy atom. The highest BCUT2D eigenvalue weighted by Crippen LogP contribution is 2.01. The molecule has 0 radical (unpaired) electrons. The Morgan fingerprint density at radius 1 is 1.55 bits per heavy atom. The predicted molar refractivity (Wildman–Crippen MR) is 37.2 cm³/mol. The van der Waals surface area contributed by atoms with Crippen molar-refractivity contribution in [3.8, 4) is 0 Å². The minimum Gasteiger partial charge on any atom is -0.297 e. The van der Waals surface area contributed by atoms with Crippen molar-refractivity contribution in [2.45, 2.75) is 0 Å². The van der Waals surface area contributed by atoms with Gasteiger partial charge in [-0.3, -0.25) is 15.5 Å². The van der Waals surface area contributed by atoms with E-state index >= 15 is 0 Å². The molecule has 1 amide bonds. The number of carbonyl (C=O) groups excluding carboxylic acids is 1. The Morgan fingerprint density at radius 3 is 3.36 bits per heavy atom. The first-order valence-corrected chi connectivity index (χ1v) is 3.00. The van der Waals surface area contributed by atoms with Crippen LogP contribution in [0.4, 0.5) is 5.95 Å². The standard InChI is InChI=1S/C5H5N5O/c11-4-1-2-7-10-3-6-9-5(10)8-4/h1-3,7H,(H,8,9,11). The highest BCUT2D eigenvalue weighted by molar-refractivity contribution is 5.98. The zero-order valence-corrected chi connectivity index (χ0v) is 5.48. The number of hydrogen-bond acceptors (Lipinski definition) is 4. The summed E-state index contributed by atoms with van der Waals surface area (Å²) in [5, 5.41) is 9.73. The molecule has 1 aromatic rings. The second kappa shape index (κ2) is 2.08. The molecular formula is C5H5N5O. The van der Waals surface area contributed by atoms with E-state index in [0.29, 0.717) is 5.95 Å². The lowest BCUT2D eigenvalue weighted by molar-refractivity contribution is -0.111. The number of anilines is 1. The van der Waals surface area contributed by atoms with E-state index in [9.17, 15) is 4.79 Å². The lowest BCUT2D eigenvalue weighted by Crippen LogP contribution is -2.11. The number of fused-ring (bicyclic) bond motifs is 1. The molecule has 1 aromatic heterocycles. The maximum atomic E-state index is 10.8. The van der Waals surface area contributed by atoms with Crippen molar-refractivity contribution in [3.63, 3.8) is 0 Å². The predicted octanol–water partition coefficient (Wildman–Crippen LogP) is -0.713. The Kier molecular flexibility index (Phi) is 1.12. The quantitative estimate of drug-likeness (QED) is 0.513. The summed E-state index contributed by atoms with van der Waals surface area (Å²) < 4.78 is 1.50. The number of hydrogen-bond donors (Lipinski definition) is 2. The second-order valence-electron chi connectivity index (χ2n) is 1.98. The first kappa shape index (κ1) is 5.90. The van der Waals surface area contributed by atoms with Crippen molar-refractivity contribution in [2.75, 3.05) is 10.7 Å². The van der Waals surface area contributed by atoms with Crippen molar-refractivity contribution in [2.24, 2.45) is 0 Å². The van der Waals surface area contributed by atoms with Gasteiger partial charge in [0.1, 0.15) is 6.33 Å². The Balaban J connectivity index is 2.41. The van der Waals surface area contributed by atoms with Gasteiger partial charge in [-0.2, -0.15) is 0 Å². The smallest absolute Gasteiger partial charge is 0.252 e. The molecule has 2 heterocycles. The van der Waals surface area contributed by atoms with Gasteiger partial charge in [-0.25, -0.2) is 4.68 Å². The van der Waals surface area contributed by atoms with Crippen molar-refractivity contribution < 1.29 is 4.79 Å². The molecule has 6 nitrogen and oxygen atoms in total. The summed E-state index contributed by atoms with van der Waals surface area (Å²) in [5.74, 6) is 0.171. The molecule has 0 unspecified atom stereocenters. The normalized spacial score (nSPS) is 14.7. The largest absolute Gasteiger partial charge is 0.297 e. The number of rotatable bonds is 0. The first-order valence-electron chi connectivity index (χ1n) is 3.00. The minimum absolute atomic E-state index is 0.218. The van der Waals surface area contributed by atoms with Gasteiger partial charge in [-0.15, -0.1) is 10.2 Å². The molecule has 6 heteroatoms. The van der Waals surface area contributed by atoms with Gasteiger partial charge in [0.05, 0.1) is 0 Å². The number of nitrogens with zero attached hydrogens (tertiary/aromatic N) is 3. The van der Waals surface area contributed by atoms with E-state index in [4.69, 9.17) is 0 Å². The van der Waals surface area contributed by atoms with Crippen molar-refractivity contribution in [3.05, 3.63) is 18.6 Å². The second-order valence-corrected chi connectivity index (χ2v) is 1.98. The van der Waals surface area contributed by atoms with E-state index in [1.807, 2.05) is 0 Å². The molecule has 0 bridgehead atoms. The van der Waals surface area contributed by atoms with Crippen LogP contribution in [0.1, 0.15) is 0 Å². The first-order chi connectivity index (χ1) is 5.36. The highest BCUT2D eigenvalue weighted by atomic mass is 16.1. The van der Waals surface area contributed by atoms with Gasteiger partial charge in [-0.1, -0.05) is 0 Å². The van der Waals surface area contributed by atoms with Gasteiger partial charge in [0, 0.05) is 12.3 Å². The van der Waals surface area contributed by atoms with Crippen LogP contribution in [-0.2, 0) is 4.79 Å². The maximum absolute atomic E-state index is 10.8. The van der Waals surface area contributed by atoms with E-state index in [2.05, 4.69) is 20.9 Å². The summed E-state index contributed by atoms with van der Waals surface area (Å²) in [5.41, 5.74) is 2.76. The summed E-state index contributed by atoms with van der Waals surface area (Å²) in [6, 6.07) is 0. The van der Waals surface area contributed by atoms with Crippen LogP contribution >= 0.6 is 0 Å². The summed E-state index contributed by atoms with van der Waals surface area (Å²) in [4.78, 5) is 10.8. The Labute approximate surface area is 61.9 Å². The van der Waals surface area contributed by atoms with E-state index in [-0.39, 0.29) is 5.91 Å². The minimum atomic E-state index is -0.218. The van der Waals surface area contributed by atoms with Crippen LogP contribution in [-0.4, -0.2) is 20.8 Å². The Hall–Kier alpha value is -1.85. The fourth-order valence-corrected chi connectivity index (χ4v) is 0.760. The van der Waals surface area contributed by atoms with Crippen LogP contribution in [0, 0.1) is 0 Å². The molecule has 0 fully saturated rings. The molecule has 0 atom stereocenters. The fraction of sp³-hybridized carbons (Fsp3) is 0. The van der Waals surface area contributed by atoms with E-state index in [0.717, 1.165) is 0 Å². The van der Waals surface area contributed by atoms with E-state index in [1.54, 1.807) is 0 Å². The monoisotopic (exact) mass is 151 g/mol. The van der Waals surface area contributed by atoms with Gasteiger partial charge in [0.2, 0.25) is 0 Å². The van der Waals surface area contributed by atoms with Gasteiger partial charge in [0.25, 0.3) is 11.9 Å². The molecule has 1 aliphatic rings. The highest BCUT2D eigenvalue weighted by Gasteiger charge is 2.07. The molecule has 0 saturated carbocycles. The van der Waals surface area contributed by atoms with Crippen LogP contribution in [0.25, 0.3) is 0 Å². The molecular weight excluding hydrogens is 146 g/mol. The molecule has 0 aromatic carbocycles. The molecule has 2 N–H and O–H groups in total. The number of nitrogens with one attached hydrogen (secondary N) is 2. The lowest BCUT2D eigenvalue weighted by Gasteiger charge is -1.99. The third-order valence-corrected chi connectivity index (χ3v) is 1.23. The summed E-state index contributed by atoms with van der Waals surface area (Å²) in [7, 11) is 0. The average Bonchev–Trinajstić information content (AvgIpc) is 2.31. The molecule has 11 heavy (non-hydrogen) atoms. The Bertz CT molecular complexity index is 314. The lowest BCUT2D eigenvalue weighted by atomic mass is 10.6. The van der Waals surface area contributed by atoms with E-state index < -0.39 is 0 Å². The van der Waals surface area contributed by atoms with Gasteiger partial charge < -0.3 is 0 Å². The molecule has 0 saturated heterocycles. The third-order valence-electron chi connectivity index (χ3n) is 1.23. The van der Waals surface area contributed by atoms with Crippen LogP contribution in [0.3, 0.4) is 0 Å². The topological polar surface area (TPSA) is 71.8 Å². The van der Waals surface area contributed by atoms with Crippen LogP contribution in [0.2, 0.25) is 0 Å². The zero-order valence-electron chi connectivity index (χ0n) is 5.48. The fourth-order valence-electron chi connectivity index (χ4n) is 0.760. The van der Waals surface area contributed by atoms with Gasteiger partial charge in [0.15, 0.2) is 0 Å². The van der Waals surface area contributed by atoms with Gasteiger partial charge >= 0.3 is 0 Å². The van der Waals surface area contributed by atoms with Crippen molar-refractivity contribution >= 4 is 11.9 Å². The van der Waals surface area contributed by atoms with Crippen LogP contribution in [0.15, 0.2) is 18.6 Å². The summed E-state index contributed by atoms with van der Waals surface area (Å²) in [6.45, 7) is 0. The number of aromatic nitrogens is 3. The number of amides is 1. The molecule has 0 aliphatic carbocycles. The number of carbonyl (C=O) groups is 1. The molecule has 56 valence electrons. The van der Waals surface area contributed by atoms with Crippen LogP contribution in [0.5, 0.6) is 0 Å². The van der Waals surface area contributed by atoms with Crippen LogP contribution < -0.4 is 10.7 Å². The van der Waals surface area contributed by atoms with Gasteiger partial charge in [-0.05, 0) is 0 Å². The zero-order chi connectivity index (χ0) is 7.68. The third kappa shape index (κ3) is 0.936. The van der Waals surface area contributed by atoms with Crippen molar-refractivity contribution in [1.82, 2.24) is 14.9 Å². The SMILES string of the molecule is O=C1C=CNn2cnnc2N1. The summed E-state index contributed by atoms with van der Waals surface area (Å²) in [6.07, 6.45) is 4.34. The molecule has 0 spiro atoms. The molecule has 1 aliphatic heterocycles. The van der Waals surface area contributed by atoms with Crippen molar-refractivity contribution in [1.29, 1.82) is 0 Å². The van der Waals surface area contributed by atoms with E-state index in [1.165, 1.54) is 23.3 Å². The average molecular weight is 151 g/mol.